The topological polar surface area (TPSA) is 26.0 Å². The van der Waals surface area contributed by atoms with Crippen molar-refractivity contribution in [3.05, 3.63) is 33.3 Å². The summed E-state index contributed by atoms with van der Waals surface area (Å²) in [7, 11) is 0. The van der Waals surface area contributed by atoms with E-state index in [1.807, 2.05) is 0 Å². The minimum absolute atomic E-state index is 0.245. The first-order valence-electron chi connectivity index (χ1n) is 4.23. The molecule has 2 N–H and O–H groups in total. The highest BCUT2D eigenvalue weighted by molar-refractivity contribution is 9.10. The van der Waals surface area contributed by atoms with Crippen LogP contribution in [0.25, 0.3) is 0 Å². The van der Waals surface area contributed by atoms with E-state index in [4.69, 9.17) is 5.73 Å². The number of hydrogen-bond donors (Lipinski definition) is 1. The zero-order valence-corrected chi connectivity index (χ0v) is 8.69. The van der Waals surface area contributed by atoms with Gasteiger partial charge in [-0.2, -0.15) is 0 Å². The fourth-order valence-electron chi connectivity index (χ4n) is 1.90. The fourth-order valence-corrected chi connectivity index (χ4v) is 2.81. The van der Waals surface area contributed by atoms with Crippen molar-refractivity contribution < 1.29 is 0 Å². The van der Waals surface area contributed by atoms with Crippen molar-refractivity contribution in [2.75, 3.05) is 0 Å². The summed E-state index contributed by atoms with van der Waals surface area (Å²) in [6, 6.07) is 4.63. The monoisotopic (exact) mass is 225 g/mol. The van der Waals surface area contributed by atoms with Crippen LogP contribution in [0.2, 0.25) is 0 Å². The van der Waals surface area contributed by atoms with E-state index in [2.05, 4.69) is 35.0 Å². The van der Waals surface area contributed by atoms with Crippen LogP contribution in [0.1, 0.15) is 29.2 Å². The molecular formula is C10H12BrN. The lowest BCUT2D eigenvalue weighted by molar-refractivity contribution is 0.711. The lowest BCUT2D eigenvalue weighted by Gasteiger charge is -2.08. The number of hydrogen-bond acceptors (Lipinski definition) is 1. The molecule has 1 atom stereocenters. The molecule has 0 saturated heterocycles. The third kappa shape index (κ3) is 1.19. The average molecular weight is 226 g/mol. The predicted molar refractivity (Wildman–Crippen MR) is 54.1 cm³/mol. The Balaban J connectivity index is 2.60. The number of rotatable bonds is 0. The smallest absolute Gasteiger partial charge is 0.0312 e. The van der Waals surface area contributed by atoms with Gasteiger partial charge >= 0.3 is 0 Å². The van der Waals surface area contributed by atoms with Crippen molar-refractivity contribution in [1.29, 1.82) is 0 Å². The molecule has 0 unspecified atom stereocenters. The van der Waals surface area contributed by atoms with E-state index in [-0.39, 0.29) is 6.04 Å². The largest absolute Gasteiger partial charge is 0.324 e. The summed E-state index contributed by atoms with van der Waals surface area (Å²) in [6.45, 7) is 2.12. The van der Waals surface area contributed by atoms with Gasteiger partial charge in [0.1, 0.15) is 0 Å². The van der Waals surface area contributed by atoms with Gasteiger partial charge in [-0.25, -0.2) is 0 Å². The van der Waals surface area contributed by atoms with E-state index in [0.717, 1.165) is 12.8 Å². The van der Waals surface area contributed by atoms with Crippen LogP contribution in [0.15, 0.2) is 16.6 Å². The highest BCUT2D eigenvalue weighted by Crippen LogP contribution is 2.35. The first-order chi connectivity index (χ1) is 5.68. The highest BCUT2D eigenvalue weighted by atomic mass is 79.9. The van der Waals surface area contributed by atoms with E-state index >= 15 is 0 Å². The third-order valence-electron chi connectivity index (χ3n) is 2.46. The first-order valence-corrected chi connectivity index (χ1v) is 5.02. The zero-order valence-electron chi connectivity index (χ0n) is 7.10. The van der Waals surface area contributed by atoms with Gasteiger partial charge in [-0.05, 0) is 42.5 Å². The van der Waals surface area contributed by atoms with Crippen LogP contribution in [-0.2, 0) is 6.42 Å². The second kappa shape index (κ2) is 2.86. The lowest BCUT2D eigenvalue weighted by Crippen LogP contribution is -2.05. The van der Waals surface area contributed by atoms with Crippen LogP contribution in [0.4, 0.5) is 0 Å². The Labute approximate surface area is 81.1 Å². The highest BCUT2D eigenvalue weighted by Gasteiger charge is 2.21. The molecule has 0 fully saturated rings. The maximum atomic E-state index is 5.97. The summed E-state index contributed by atoms with van der Waals surface area (Å²) in [4.78, 5) is 0. The molecule has 1 aromatic carbocycles. The lowest BCUT2D eigenvalue weighted by atomic mass is 10.1. The van der Waals surface area contributed by atoms with Crippen LogP contribution < -0.4 is 5.73 Å². The molecule has 2 rings (SSSR count). The Hall–Kier alpha value is -0.340. The average Bonchev–Trinajstić information content (AvgIpc) is 2.31. The van der Waals surface area contributed by atoms with Gasteiger partial charge in [-0.1, -0.05) is 22.0 Å². The van der Waals surface area contributed by atoms with Crippen molar-refractivity contribution in [3.8, 4) is 0 Å². The molecule has 64 valence electrons. The molecule has 1 aliphatic rings. The summed E-state index contributed by atoms with van der Waals surface area (Å²) in [5.41, 5.74) is 10.0. The number of nitrogens with two attached hydrogens (primary N) is 1. The van der Waals surface area contributed by atoms with E-state index < -0.39 is 0 Å². The number of benzene rings is 1. The molecule has 0 heterocycles. The van der Waals surface area contributed by atoms with E-state index in [9.17, 15) is 0 Å². The summed E-state index contributed by atoms with van der Waals surface area (Å²) < 4.78 is 1.18. The summed E-state index contributed by atoms with van der Waals surface area (Å²) in [6.07, 6.45) is 2.23. The van der Waals surface area contributed by atoms with E-state index in [1.54, 1.807) is 0 Å². The molecule has 1 aromatic rings. The van der Waals surface area contributed by atoms with Gasteiger partial charge in [-0.3, -0.25) is 0 Å². The Kier molecular flexibility index (Phi) is 1.97. The molecule has 0 radical (unpaired) electrons. The van der Waals surface area contributed by atoms with Gasteiger partial charge in [0.05, 0.1) is 0 Å². The van der Waals surface area contributed by atoms with Crippen LogP contribution in [-0.4, -0.2) is 0 Å². The third-order valence-corrected chi connectivity index (χ3v) is 3.11. The molecule has 0 bridgehead atoms. The number of aryl methyl sites for hydroxylation is 2. The van der Waals surface area contributed by atoms with Gasteiger partial charge in [0, 0.05) is 10.5 Å². The molecule has 0 saturated carbocycles. The molecule has 12 heavy (non-hydrogen) atoms. The molecule has 0 spiro atoms. The second-order valence-corrected chi connectivity index (χ2v) is 4.32. The molecule has 1 aliphatic carbocycles. The zero-order chi connectivity index (χ0) is 8.72. The van der Waals surface area contributed by atoms with Gasteiger partial charge in [0.25, 0.3) is 0 Å². The minimum Gasteiger partial charge on any atom is -0.324 e. The molecule has 0 amide bonds. The van der Waals surface area contributed by atoms with Gasteiger partial charge < -0.3 is 5.73 Å². The van der Waals surface area contributed by atoms with Gasteiger partial charge in [0.2, 0.25) is 0 Å². The summed E-state index contributed by atoms with van der Waals surface area (Å²) in [5.74, 6) is 0. The summed E-state index contributed by atoms with van der Waals surface area (Å²) in [5, 5.41) is 0. The minimum atomic E-state index is 0.245. The van der Waals surface area contributed by atoms with Crippen molar-refractivity contribution in [2.24, 2.45) is 5.73 Å². The van der Waals surface area contributed by atoms with E-state index in [1.165, 1.54) is 21.2 Å². The Morgan fingerprint density at radius 2 is 2.25 bits per heavy atom. The summed E-state index contributed by atoms with van der Waals surface area (Å²) >= 11 is 3.56. The molecular weight excluding hydrogens is 214 g/mol. The number of fused-ring (bicyclic) bond motifs is 1. The maximum absolute atomic E-state index is 5.97. The van der Waals surface area contributed by atoms with Crippen LogP contribution >= 0.6 is 15.9 Å². The van der Waals surface area contributed by atoms with Crippen LogP contribution in [0.5, 0.6) is 0 Å². The van der Waals surface area contributed by atoms with Crippen molar-refractivity contribution in [1.82, 2.24) is 0 Å². The van der Waals surface area contributed by atoms with Gasteiger partial charge in [0.15, 0.2) is 0 Å². The normalized spacial score (nSPS) is 21.1. The maximum Gasteiger partial charge on any atom is 0.0312 e. The van der Waals surface area contributed by atoms with E-state index in [0.29, 0.717) is 0 Å². The first kappa shape index (κ1) is 8.27. The Morgan fingerprint density at radius 1 is 1.50 bits per heavy atom. The molecule has 2 heteroatoms. The molecule has 0 aliphatic heterocycles. The standard InChI is InChI=1S/C10H12BrN/c1-6-4-7-2-3-9(12)10(7)8(11)5-6/h4-5,9H,2-3,12H2,1H3/t9-/m0/s1. The van der Waals surface area contributed by atoms with Crippen molar-refractivity contribution in [2.45, 2.75) is 25.8 Å². The SMILES string of the molecule is Cc1cc(Br)c2c(c1)CC[C@@H]2N. The van der Waals surface area contributed by atoms with Crippen LogP contribution in [0, 0.1) is 6.92 Å². The quantitative estimate of drug-likeness (QED) is 0.723. The van der Waals surface area contributed by atoms with Crippen LogP contribution in [0.3, 0.4) is 0 Å². The van der Waals surface area contributed by atoms with Gasteiger partial charge in [-0.15, -0.1) is 0 Å². The van der Waals surface area contributed by atoms with Crippen molar-refractivity contribution >= 4 is 15.9 Å². The second-order valence-electron chi connectivity index (χ2n) is 3.46. The predicted octanol–water partition coefficient (Wildman–Crippen LogP) is 2.70. The Bertz CT molecular complexity index is 320. The molecule has 1 nitrogen and oxygen atoms in total. The fraction of sp³-hybridized carbons (Fsp3) is 0.400. The number of halogens is 1. The van der Waals surface area contributed by atoms with Crippen molar-refractivity contribution in [3.63, 3.8) is 0 Å². The Morgan fingerprint density at radius 3 is 3.00 bits per heavy atom. The molecule has 0 aromatic heterocycles.